The Labute approximate surface area is 92.0 Å². The van der Waals surface area contributed by atoms with Crippen molar-refractivity contribution in [3.8, 4) is 0 Å². The Morgan fingerprint density at radius 3 is 2.20 bits per heavy atom. The van der Waals surface area contributed by atoms with E-state index in [4.69, 9.17) is 5.73 Å². The van der Waals surface area contributed by atoms with Crippen molar-refractivity contribution in [3.05, 3.63) is 0 Å². The van der Waals surface area contributed by atoms with E-state index in [2.05, 4.69) is 38.3 Å². The molecule has 1 heterocycles. The van der Waals surface area contributed by atoms with Gasteiger partial charge in [-0.1, -0.05) is 0 Å². The second kappa shape index (κ2) is 4.10. The van der Waals surface area contributed by atoms with Crippen molar-refractivity contribution in [3.63, 3.8) is 0 Å². The first-order valence-corrected chi connectivity index (χ1v) is 5.53. The maximum absolute atomic E-state index is 11.2. The van der Waals surface area contributed by atoms with Gasteiger partial charge in [0, 0.05) is 17.1 Å². The van der Waals surface area contributed by atoms with Crippen LogP contribution in [0.4, 0.5) is 0 Å². The zero-order valence-corrected chi connectivity index (χ0v) is 10.2. The van der Waals surface area contributed by atoms with Gasteiger partial charge in [0.25, 0.3) is 0 Å². The van der Waals surface area contributed by atoms with Crippen LogP contribution in [-0.2, 0) is 4.79 Å². The summed E-state index contributed by atoms with van der Waals surface area (Å²) >= 11 is 0. The number of amides is 1. The smallest absolute Gasteiger partial charge is 0.233 e. The molecule has 0 bridgehead atoms. The minimum absolute atomic E-state index is 0.0616. The Balaban J connectivity index is 2.63. The van der Waals surface area contributed by atoms with Gasteiger partial charge in [-0.3, -0.25) is 4.79 Å². The van der Waals surface area contributed by atoms with Gasteiger partial charge >= 0.3 is 0 Å². The van der Waals surface area contributed by atoms with E-state index in [0.717, 1.165) is 12.8 Å². The molecule has 4 heteroatoms. The van der Waals surface area contributed by atoms with E-state index in [1.165, 1.54) is 0 Å². The summed E-state index contributed by atoms with van der Waals surface area (Å²) in [5.74, 6) is -0.0616. The van der Waals surface area contributed by atoms with Crippen molar-refractivity contribution in [2.45, 2.75) is 57.7 Å². The van der Waals surface area contributed by atoms with Gasteiger partial charge in [0.1, 0.15) is 0 Å². The van der Waals surface area contributed by atoms with Gasteiger partial charge in [-0.05, 0) is 40.5 Å². The van der Waals surface area contributed by atoms with Gasteiger partial charge in [0.2, 0.25) is 5.91 Å². The lowest BCUT2D eigenvalue weighted by Gasteiger charge is -2.46. The molecule has 1 fully saturated rings. The fourth-order valence-electron chi connectivity index (χ4n) is 2.71. The SMILES string of the molecule is CC1(C)CC(NC(=O)CN)CC(C)(C)N1. The van der Waals surface area contributed by atoms with Crippen molar-refractivity contribution in [2.24, 2.45) is 5.73 Å². The van der Waals surface area contributed by atoms with Gasteiger partial charge in [0.15, 0.2) is 0 Å². The zero-order valence-electron chi connectivity index (χ0n) is 10.2. The summed E-state index contributed by atoms with van der Waals surface area (Å²) in [5.41, 5.74) is 5.42. The minimum atomic E-state index is -0.0616. The Morgan fingerprint density at radius 2 is 1.80 bits per heavy atom. The van der Waals surface area contributed by atoms with E-state index >= 15 is 0 Å². The van der Waals surface area contributed by atoms with E-state index in [9.17, 15) is 4.79 Å². The Kier molecular flexibility index (Phi) is 3.41. The summed E-state index contributed by atoms with van der Waals surface area (Å²) in [6, 6.07) is 0.229. The number of nitrogens with one attached hydrogen (secondary N) is 2. The summed E-state index contributed by atoms with van der Waals surface area (Å²) in [7, 11) is 0. The van der Waals surface area contributed by atoms with Crippen LogP contribution in [0.3, 0.4) is 0 Å². The number of rotatable bonds is 2. The van der Waals surface area contributed by atoms with Crippen molar-refractivity contribution in [1.29, 1.82) is 0 Å². The summed E-state index contributed by atoms with van der Waals surface area (Å²) in [5, 5.41) is 6.55. The summed E-state index contributed by atoms with van der Waals surface area (Å²) < 4.78 is 0. The van der Waals surface area contributed by atoms with Crippen LogP contribution in [0.5, 0.6) is 0 Å². The maximum atomic E-state index is 11.2. The van der Waals surface area contributed by atoms with E-state index in [0.29, 0.717) is 0 Å². The lowest BCUT2D eigenvalue weighted by Crippen LogP contribution is -2.62. The highest BCUT2D eigenvalue weighted by Crippen LogP contribution is 2.28. The van der Waals surface area contributed by atoms with E-state index in [-0.39, 0.29) is 29.6 Å². The van der Waals surface area contributed by atoms with Crippen LogP contribution in [0.2, 0.25) is 0 Å². The molecule has 4 nitrogen and oxygen atoms in total. The van der Waals surface area contributed by atoms with Gasteiger partial charge in [-0.15, -0.1) is 0 Å². The quantitative estimate of drug-likeness (QED) is 0.621. The summed E-state index contributed by atoms with van der Waals surface area (Å²) in [4.78, 5) is 11.2. The Bertz CT molecular complexity index is 232. The van der Waals surface area contributed by atoms with Crippen molar-refractivity contribution in [1.82, 2.24) is 10.6 Å². The Hall–Kier alpha value is -0.610. The third-order valence-electron chi connectivity index (χ3n) is 2.74. The molecule has 1 amide bonds. The Morgan fingerprint density at radius 1 is 1.33 bits per heavy atom. The van der Waals surface area contributed by atoms with Gasteiger partial charge in [0.05, 0.1) is 6.54 Å². The molecule has 0 aromatic rings. The number of piperidine rings is 1. The molecule has 1 rings (SSSR count). The first-order chi connectivity index (χ1) is 6.74. The lowest BCUT2D eigenvalue weighted by atomic mass is 9.79. The van der Waals surface area contributed by atoms with E-state index < -0.39 is 0 Å². The molecule has 0 aliphatic carbocycles. The van der Waals surface area contributed by atoms with Gasteiger partial charge in [-0.2, -0.15) is 0 Å². The van der Waals surface area contributed by atoms with Crippen molar-refractivity contribution < 1.29 is 4.79 Å². The van der Waals surface area contributed by atoms with Crippen LogP contribution in [-0.4, -0.2) is 29.6 Å². The van der Waals surface area contributed by atoms with Gasteiger partial charge < -0.3 is 16.4 Å². The van der Waals surface area contributed by atoms with Gasteiger partial charge in [-0.25, -0.2) is 0 Å². The van der Waals surface area contributed by atoms with Crippen LogP contribution in [0, 0.1) is 0 Å². The molecule has 0 aromatic heterocycles. The molecule has 0 spiro atoms. The molecule has 1 aliphatic heterocycles. The highest BCUT2D eigenvalue weighted by Gasteiger charge is 2.37. The van der Waals surface area contributed by atoms with Crippen LogP contribution in [0.15, 0.2) is 0 Å². The zero-order chi connectivity index (χ0) is 11.7. The number of carbonyl (C=O) groups excluding carboxylic acids is 1. The average Bonchev–Trinajstić information content (AvgIpc) is 1.97. The second-order valence-electron chi connectivity index (χ2n) is 5.77. The standard InChI is InChI=1S/C11H23N3O/c1-10(2)5-8(13-9(15)7-12)6-11(3,4)14-10/h8,14H,5-7,12H2,1-4H3,(H,13,15). The molecule has 4 N–H and O–H groups in total. The van der Waals surface area contributed by atoms with Crippen LogP contribution >= 0.6 is 0 Å². The van der Waals surface area contributed by atoms with Crippen LogP contribution in [0.25, 0.3) is 0 Å². The van der Waals surface area contributed by atoms with E-state index in [1.807, 2.05) is 0 Å². The molecule has 0 radical (unpaired) electrons. The highest BCUT2D eigenvalue weighted by atomic mass is 16.1. The molecular formula is C11H23N3O. The predicted octanol–water partition coefficient (Wildman–Crippen LogP) is 0.371. The normalized spacial score (nSPS) is 24.9. The molecule has 15 heavy (non-hydrogen) atoms. The highest BCUT2D eigenvalue weighted by molar-refractivity contribution is 5.78. The summed E-state index contributed by atoms with van der Waals surface area (Å²) in [6.45, 7) is 8.72. The number of hydrogen-bond donors (Lipinski definition) is 3. The van der Waals surface area contributed by atoms with E-state index in [1.54, 1.807) is 0 Å². The monoisotopic (exact) mass is 213 g/mol. The molecule has 1 aliphatic rings. The third-order valence-corrected chi connectivity index (χ3v) is 2.74. The molecule has 1 saturated heterocycles. The second-order valence-corrected chi connectivity index (χ2v) is 5.77. The number of hydrogen-bond acceptors (Lipinski definition) is 3. The lowest BCUT2D eigenvalue weighted by molar-refractivity contribution is -0.120. The molecule has 0 atom stereocenters. The fourth-order valence-corrected chi connectivity index (χ4v) is 2.71. The maximum Gasteiger partial charge on any atom is 0.233 e. The van der Waals surface area contributed by atoms with Crippen molar-refractivity contribution >= 4 is 5.91 Å². The predicted molar refractivity (Wildman–Crippen MR) is 61.5 cm³/mol. The molecule has 88 valence electrons. The molecule has 0 unspecified atom stereocenters. The summed E-state index contributed by atoms with van der Waals surface area (Å²) in [6.07, 6.45) is 1.89. The minimum Gasteiger partial charge on any atom is -0.352 e. The largest absolute Gasteiger partial charge is 0.352 e. The molecular weight excluding hydrogens is 190 g/mol. The average molecular weight is 213 g/mol. The molecule has 0 saturated carbocycles. The fraction of sp³-hybridized carbons (Fsp3) is 0.909. The topological polar surface area (TPSA) is 67.2 Å². The first kappa shape index (κ1) is 12.5. The van der Waals surface area contributed by atoms with Crippen LogP contribution in [0.1, 0.15) is 40.5 Å². The third kappa shape index (κ3) is 3.80. The number of nitrogens with two attached hydrogens (primary N) is 1. The number of carbonyl (C=O) groups is 1. The van der Waals surface area contributed by atoms with Crippen molar-refractivity contribution in [2.75, 3.05) is 6.54 Å². The molecule has 0 aromatic carbocycles. The first-order valence-electron chi connectivity index (χ1n) is 5.53. The van der Waals surface area contributed by atoms with Crippen LogP contribution < -0.4 is 16.4 Å².